The SMILES string of the molecule is CCS(=O)(=O)N(CCC(=O)O)c1cc(Cl)ccc1Cl. The van der Waals surface area contributed by atoms with Gasteiger partial charge in [-0.25, -0.2) is 8.42 Å². The first-order chi connectivity index (χ1) is 8.77. The number of benzene rings is 1. The molecule has 0 spiro atoms. The van der Waals surface area contributed by atoms with Crippen LogP contribution < -0.4 is 4.31 Å². The molecule has 0 aromatic heterocycles. The molecule has 0 saturated heterocycles. The van der Waals surface area contributed by atoms with Crippen LogP contribution in [0.1, 0.15) is 13.3 Å². The minimum Gasteiger partial charge on any atom is -0.481 e. The summed E-state index contributed by atoms with van der Waals surface area (Å²) >= 11 is 11.8. The van der Waals surface area contributed by atoms with E-state index in [0.29, 0.717) is 5.02 Å². The first-order valence-electron chi connectivity index (χ1n) is 5.45. The highest BCUT2D eigenvalue weighted by Crippen LogP contribution is 2.31. The molecule has 19 heavy (non-hydrogen) atoms. The molecule has 0 aliphatic carbocycles. The molecule has 0 heterocycles. The van der Waals surface area contributed by atoms with Crippen molar-refractivity contribution < 1.29 is 18.3 Å². The molecular weight excluding hydrogens is 313 g/mol. The highest BCUT2D eigenvalue weighted by molar-refractivity contribution is 7.92. The van der Waals surface area contributed by atoms with Gasteiger partial charge >= 0.3 is 5.97 Å². The molecule has 1 rings (SSSR count). The minimum absolute atomic E-state index is 0.157. The molecule has 5 nitrogen and oxygen atoms in total. The lowest BCUT2D eigenvalue weighted by Crippen LogP contribution is -2.34. The molecule has 106 valence electrons. The molecule has 0 atom stereocenters. The summed E-state index contributed by atoms with van der Waals surface area (Å²) in [5.74, 6) is -1.25. The van der Waals surface area contributed by atoms with Crippen LogP contribution in [0, 0.1) is 0 Å². The van der Waals surface area contributed by atoms with Crippen molar-refractivity contribution in [3.63, 3.8) is 0 Å². The predicted molar refractivity (Wildman–Crippen MR) is 75.5 cm³/mol. The molecule has 0 bridgehead atoms. The fourth-order valence-electron chi connectivity index (χ4n) is 1.44. The van der Waals surface area contributed by atoms with Crippen LogP contribution in [0.3, 0.4) is 0 Å². The number of hydrogen-bond acceptors (Lipinski definition) is 3. The number of carboxylic acid groups (broad SMARTS) is 1. The predicted octanol–water partition coefficient (Wildman–Crippen LogP) is 2.62. The van der Waals surface area contributed by atoms with E-state index < -0.39 is 16.0 Å². The summed E-state index contributed by atoms with van der Waals surface area (Å²) < 4.78 is 25.0. The fraction of sp³-hybridized carbons (Fsp3) is 0.364. The largest absolute Gasteiger partial charge is 0.481 e. The van der Waals surface area contributed by atoms with Crippen molar-refractivity contribution in [1.29, 1.82) is 0 Å². The molecule has 1 aromatic carbocycles. The van der Waals surface area contributed by atoms with Gasteiger partial charge in [-0.3, -0.25) is 9.10 Å². The number of aliphatic carboxylic acids is 1. The molecule has 0 radical (unpaired) electrons. The molecule has 0 saturated carbocycles. The van der Waals surface area contributed by atoms with Gasteiger partial charge in [-0.15, -0.1) is 0 Å². The zero-order valence-electron chi connectivity index (χ0n) is 10.1. The van der Waals surface area contributed by atoms with E-state index >= 15 is 0 Å². The van der Waals surface area contributed by atoms with Crippen molar-refractivity contribution in [2.45, 2.75) is 13.3 Å². The Labute approximate surface area is 121 Å². The Morgan fingerprint density at radius 2 is 2.00 bits per heavy atom. The fourth-order valence-corrected chi connectivity index (χ4v) is 3.01. The monoisotopic (exact) mass is 325 g/mol. The summed E-state index contributed by atoms with van der Waals surface area (Å²) in [6.07, 6.45) is -0.317. The van der Waals surface area contributed by atoms with Gasteiger partial charge in [0.25, 0.3) is 0 Å². The lowest BCUT2D eigenvalue weighted by atomic mass is 10.3. The van der Waals surface area contributed by atoms with Gasteiger partial charge in [-0.1, -0.05) is 23.2 Å². The Hall–Kier alpha value is -0.980. The molecule has 1 aromatic rings. The number of anilines is 1. The van der Waals surface area contributed by atoms with Crippen molar-refractivity contribution in [2.24, 2.45) is 0 Å². The lowest BCUT2D eigenvalue weighted by molar-refractivity contribution is -0.136. The van der Waals surface area contributed by atoms with E-state index in [1.807, 2.05) is 0 Å². The number of sulfonamides is 1. The van der Waals surface area contributed by atoms with E-state index in [4.69, 9.17) is 28.3 Å². The summed E-state index contributed by atoms with van der Waals surface area (Å²) in [5, 5.41) is 9.22. The first-order valence-corrected chi connectivity index (χ1v) is 7.81. The van der Waals surface area contributed by atoms with Gasteiger partial charge in [0.1, 0.15) is 0 Å². The maximum atomic E-state index is 12.0. The van der Waals surface area contributed by atoms with Gasteiger partial charge in [0, 0.05) is 11.6 Å². The molecule has 0 aliphatic heterocycles. The standard InChI is InChI=1S/C11H13Cl2NO4S/c1-2-19(17,18)14(6-5-11(15)16)10-7-8(12)3-4-9(10)13/h3-4,7H,2,5-6H2,1H3,(H,15,16). The minimum atomic E-state index is -3.62. The van der Waals surface area contributed by atoms with Crippen molar-refractivity contribution in [3.05, 3.63) is 28.2 Å². The van der Waals surface area contributed by atoms with Crippen molar-refractivity contribution >= 4 is 44.9 Å². The van der Waals surface area contributed by atoms with Crippen LogP contribution in [0.25, 0.3) is 0 Å². The van der Waals surface area contributed by atoms with Gasteiger partial charge in [0.2, 0.25) is 10.0 Å². The molecular formula is C11H13Cl2NO4S. The van der Waals surface area contributed by atoms with Crippen LogP contribution in [-0.4, -0.2) is 31.8 Å². The van der Waals surface area contributed by atoms with Gasteiger partial charge in [0.05, 0.1) is 22.9 Å². The van der Waals surface area contributed by atoms with Crippen molar-refractivity contribution in [1.82, 2.24) is 0 Å². The number of nitrogens with zero attached hydrogens (tertiary/aromatic N) is 1. The zero-order valence-corrected chi connectivity index (χ0v) is 12.5. The second kappa shape index (κ2) is 6.45. The number of carboxylic acids is 1. The quantitative estimate of drug-likeness (QED) is 0.872. The summed E-state index contributed by atoms with van der Waals surface area (Å²) in [5.41, 5.74) is 0.192. The summed E-state index contributed by atoms with van der Waals surface area (Å²) in [6.45, 7) is 1.28. The van der Waals surface area contributed by atoms with E-state index in [-0.39, 0.29) is 29.4 Å². The zero-order chi connectivity index (χ0) is 14.6. The molecule has 0 aliphatic rings. The van der Waals surface area contributed by atoms with Gasteiger partial charge in [-0.05, 0) is 25.1 Å². The Bertz CT molecular complexity index is 574. The highest BCUT2D eigenvalue weighted by Gasteiger charge is 2.23. The number of hydrogen-bond donors (Lipinski definition) is 1. The van der Waals surface area contributed by atoms with Crippen LogP contribution in [0.15, 0.2) is 18.2 Å². The average Bonchev–Trinajstić information content (AvgIpc) is 2.33. The lowest BCUT2D eigenvalue weighted by Gasteiger charge is -2.24. The van der Waals surface area contributed by atoms with Gasteiger partial charge in [0.15, 0.2) is 0 Å². The second-order valence-corrected chi connectivity index (χ2v) is 6.74. The molecule has 0 fully saturated rings. The second-order valence-electron chi connectivity index (χ2n) is 3.71. The Morgan fingerprint density at radius 1 is 1.37 bits per heavy atom. The van der Waals surface area contributed by atoms with E-state index in [1.165, 1.54) is 25.1 Å². The highest BCUT2D eigenvalue weighted by atomic mass is 35.5. The normalized spacial score (nSPS) is 11.3. The smallest absolute Gasteiger partial charge is 0.305 e. The molecule has 1 N–H and O–H groups in total. The van der Waals surface area contributed by atoms with E-state index in [1.54, 1.807) is 0 Å². The third-order valence-electron chi connectivity index (χ3n) is 2.41. The van der Waals surface area contributed by atoms with Crippen LogP contribution in [0.5, 0.6) is 0 Å². The summed E-state index contributed by atoms with van der Waals surface area (Å²) in [7, 11) is -3.62. The summed E-state index contributed by atoms with van der Waals surface area (Å²) in [6, 6.07) is 4.40. The maximum absolute atomic E-state index is 12.0. The molecule has 0 unspecified atom stereocenters. The van der Waals surface area contributed by atoms with Crippen molar-refractivity contribution in [3.8, 4) is 0 Å². The number of halogens is 2. The van der Waals surface area contributed by atoms with E-state index in [2.05, 4.69) is 0 Å². The molecule has 0 amide bonds. The van der Waals surface area contributed by atoms with Crippen LogP contribution in [-0.2, 0) is 14.8 Å². The van der Waals surface area contributed by atoms with Crippen LogP contribution >= 0.6 is 23.2 Å². The summed E-state index contributed by atoms with van der Waals surface area (Å²) in [4.78, 5) is 10.6. The number of rotatable bonds is 6. The Morgan fingerprint density at radius 3 is 2.53 bits per heavy atom. The van der Waals surface area contributed by atoms with Gasteiger partial charge in [-0.2, -0.15) is 0 Å². The van der Waals surface area contributed by atoms with Crippen LogP contribution in [0.4, 0.5) is 5.69 Å². The first kappa shape index (κ1) is 16.1. The maximum Gasteiger partial charge on any atom is 0.305 e. The van der Waals surface area contributed by atoms with E-state index in [0.717, 1.165) is 4.31 Å². The Balaban J connectivity index is 3.23. The third kappa shape index (κ3) is 4.26. The topological polar surface area (TPSA) is 74.7 Å². The average molecular weight is 326 g/mol. The van der Waals surface area contributed by atoms with Gasteiger partial charge < -0.3 is 5.11 Å². The van der Waals surface area contributed by atoms with Crippen molar-refractivity contribution in [2.75, 3.05) is 16.6 Å². The number of carbonyl (C=O) groups is 1. The Kier molecular flexibility index (Phi) is 5.46. The van der Waals surface area contributed by atoms with Crippen LogP contribution in [0.2, 0.25) is 10.0 Å². The van der Waals surface area contributed by atoms with E-state index in [9.17, 15) is 13.2 Å². The third-order valence-corrected chi connectivity index (χ3v) is 4.74. The molecule has 8 heteroatoms.